The zero-order chi connectivity index (χ0) is 7.45. The fourth-order valence-electron chi connectivity index (χ4n) is 1.79. The average Bonchev–Trinajstić information content (AvgIpc) is 2.06. The van der Waals surface area contributed by atoms with Gasteiger partial charge in [-0.05, 0) is 12.3 Å². The van der Waals surface area contributed by atoms with E-state index in [0.717, 1.165) is 12.3 Å². The maximum atomic E-state index is 5.73. The van der Waals surface area contributed by atoms with Gasteiger partial charge in [0.25, 0.3) is 0 Å². The summed E-state index contributed by atoms with van der Waals surface area (Å²) in [4.78, 5) is 0. The van der Waals surface area contributed by atoms with Crippen molar-refractivity contribution in [2.45, 2.75) is 31.4 Å². The van der Waals surface area contributed by atoms with Crippen LogP contribution in [0.2, 0.25) is 12.1 Å². The molecule has 0 aliphatic carbocycles. The molecule has 0 unspecified atom stereocenters. The minimum absolute atomic E-state index is 0.920. The molecule has 1 saturated heterocycles. The second-order valence-electron chi connectivity index (χ2n) is 3.47. The van der Waals surface area contributed by atoms with E-state index in [1.54, 1.807) is 0 Å². The highest BCUT2D eigenvalue weighted by Gasteiger charge is 2.31. The van der Waals surface area contributed by atoms with Gasteiger partial charge in [-0.25, -0.2) is 0 Å². The van der Waals surface area contributed by atoms with E-state index in [9.17, 15) is 0 Å². The van der Waals surface area contributed by atoms with Crippen molar-refractivity contribution in [1.82, 2.24) is 0 Å². The molecule has 0 amide bonds. The van der Waals surface area contributed by atoms with E-state index in [4.69, 9.17) is 11.5 Å². The van der Waals surface area contributed by atoms with Crippen LogP contribution in [0.3, 0.4) is 0 Å². The van der Waals surface area contributed by atoms with E-state index in [-0.39, 0.29) is 0 Å². The molecule has 1 aliphatic heterocycles. The smallest absolute Gasteiger partial charge is 0.0825 e. The highest BCUT2D eigenvalue weighted by atomic mass is 28.3. The van der Waals surface area contributed by atoms with E-state index < -0.39 is 8.07 Å². The first-order chi connectivity index (χ1) is 4.83. The molecule has 0 bridgehead atoms. The molecule has 60 valence electrons. The fraction of sp³-hybridized carbons (Fsp3) is 1.00. The van der Waals surface area contributed by atoms with Crippen LogP contribution in [0.4, 0.5) is 0 Å². The van der Waals surface area contributed by atoms with Gasteiger partial charge in [-0.2, -0.15) is 0 Å². The molecule has 2 nitrogen and oxygen atoms in total. The van der Waals surface area contributed by atoms with Crippen molar-refractivity contribution in [3.8, 4) is 0 Å². The summed E-state index contributed by atoms with van der Waals surface area (Å²) in [5.41, 5.74) is 11.5. The maximum absolute atomic E-state index is 5.73. The Hall–Kier alpha value is 0.137. The van der Waals surface area contributed by atoms with Gasteiger partial charge in [0.2, 0.25) is 0 Å². The van der Waals surface area contributed by atoms with Crippen LogP contribution >= 0.6 is 0 Å². The van der Waals surface area contributed by atoms with Crippen LogP contribution in [0.25, 0.3) is 0 Å². The molecule has 0 atom stereocenters. The second kappa shape index (κ2) is 3.51. The maximum Gasteiger partial charge on any atom is 0.0825 e. The Balaban J connectivity index is 2.44. The SMILES string of the molecule is NC[Si]1(CN)CCCCC1. The van der Waals surface area contributed by atoms with Gasteiger partial charge in [0.1, 0.15) is 0 Å². The molecule has 1 aliphatic rings. The molecule has 1 rings (SSSR count). The van der Waals surface area contributed by atoms with Crippen molar-refractivity contribution in [3.05, 3.63) is 0 Å². The number of nitrogens with two attached hydrogens (primary N) is 2. The third-order valence-corrected chi connectivity index (χ3v) is 7.34. The van der Waals surface area contributed by atoms with Crippen molar-refractivity contribution < 1.29 is 0 Å². The van der Waals surface area contributed by atoms with E-state index in [0.29, 0.717) is 0 Å². The summed E-state index contributed by atoms with van der Waals surface area (Å²) in [6.07, 6.45) is 6.03. The van der Waals surface area contributed by atoms with Crippen LogP contribution in [-0.4, -0.2) is 20.4 Å². The molecule has 4 N–H and O–H groups in total. The monoisotopic (exact) mass is 158 g/mol. The van der Waals surface area contributed by atoms with Crippen LogP contribution in [0.15, 0.2) is 0 Å². The first kappa shape index (κ1) is 8.24. The second-order valence-corrected chi connectivity index (χ2v) is 8.29. The first-order valence-corrected chi connectivity index (χ1v) is 7.06. The number of hydrogen-bond acceptors (Lipinski definition) is 2. The molecule has 1 fully saturated rings. The lowest BCUT2D eigenvalue weighted by molar-refractivity contribution is 0.701. The molecule has 0 aromatic heterocycles. The average molecular weight is 158 g/mol. The van der Waals surface area contributed by atoms with E-state index in [2.05, 4.69) is 0 Å². The fourth-order valence-corrected chi connectivity index (χ4v) is 5.03. The Bertz CT molecular complexity index is 93.8. The first-order valence-electron chi connectivity index (χ1n) is 4.23. The molecule has 0 saturated carbocycles. The van der Waals surface area contributed by atoms with E-state index >= 15 is 0 Å². The van der Waals surface area contributed by atoms with Crippen molar-refractivity contribution in [3.63, 3.8) is 0 Å². The topological polar surface area (TPSA) is 52.0 Å². The zero-order valence-corrected chi connectivity index (χ0v) is 7.60. The van der Waals surface area contributed by atoms with Gasteiger partial charge in [-0.1, -0.05) is 31.4 Å². The van der Waals surface area contributed by atoms with Crippen LogP contribution in [0, 0.1) is 0 Å². The van der Waals surface area contributed by atoms with Gasteiger partial charge in [0.05, 0.1) is 8.07 Å². The minimum atomic E-state index is -1.08. The zero-order valence-electron chi connectivity index (χ0n) is 6.60. The highest BCUT2D eigenvalue weighted by Crippen LogP contribution is 2.26. The van der Waals surface area contributed by atoms with Crippen LogP contribution in [0.5, 0.6) is 0 Å². The molecule has 0 aromatic carbocycles. The quantitative estimate of drug-likeness (QED) is 0.579. The van der Waals surface area contributed by atoms with Crippen LogP contribution in [-0.2, 0) is 0 Å². The van der Waals surface area contributed by atoms with Crippen molar-refractivity contribution >= 4 is 8.07 Å². The summed E-state index contributed by atoms with van der Waals surface area (Å²) < 4.78 is 0. The van der Waals surface area contributed by atoms with Gasteiger partial charge in [-0.15, -0.1) is 0 Å². The number of rotatable bonds is 2. The third-order valence-electron chi connectivity index (χ3n) is 2.78. The molecule has 0 radical (unpaired) electrons. The lowest BCUT2D eigenvalue weighted by Crippen LogP contribution is -2.51. The van der Waals surface area contributed by atoms with Crippen molar-refractivity contribution in [2.24, 2.45) is 11.5 Å². The van der Waals surface area contributed by atoms with Crippen molar-refractivity contribution in [1.29, 1.82) is 0 Å². The number of hydrogen-bond donors (Lipinski definition) is 2. The standard InChI is InChI=1S/C7H18N2Si/c8-6-10(7-9)4-2-1-3-5-10/h1-9H2. The predicted octanol–water partition coefficient (Wildman–Crippen LogP) is 0.615. The lowest BCUT2D eigenvalue weighted by atomic mass is 10.3. The summed E-state index contributed by atoms with van der Waals surface area (Å²) in [6.45, 7) is 0. The Morgan fingerprint density at radius 2 is 1.40 bits per heavy atom. The van der Waals surface area contributed by atoms with Gasteiger partial charge >= 0.3 is 0 Å². The van der Waals surface area contributed by atoms with Gasteiger partial charge in [-0.3, -0.25) is 0 Å². The predicted molar refractivity (Wildman–Crippen MR) is 47.3 cm³/mol. The van der Waals surface area contributed by atoms with Crippen molar-refractivity contribution in [2.75, 3.05) is 12.3 Å². The van der Waals surface area contributed by atoms with E-state index in [1.165, 1.54) is 31.4 Å². The van der Waals surface area contributed by atoms with Gasteiger partial charge in [0, 0.05) is 0 Å². The molecular formula is C7H18N2Si. The molecule has 0 spiro atoms. The molecule has 3 heteroatoms. The molecule has 1 heterocycles. The molecule has 10 heavy (non-hydrogen) atoms. The normalized spacial score (nSPS) is 24.6. The van der Waals surface area contributed by atoms with E-state index in [1.807, 2.05) is 0 Å². The Morgan fingerprint density at radius 3 is 1.70 bits per heavy atom. The summed E-state index contributed by atoms with van der Waals surface area (Å²) >= 11 is 0. The summed E-state index contributed by atoms with van der Waals surface area (Å²) in [5.74, 6) is 0. The lowest BCUT2D eigenvalue weighted by Gasteiger charge is -2.32. The van der Waals surface area contributed by atoms with Gasteiger partial charge in [0.15, 0.2) is 0 Å². The Morgan fingerprint density at radius 1 is 0.900 bits per heavy atom. The third kappa shape index (κ3) is 1.59. The van der Waals surface area contributed by atoms with Gasteiger partial charge < -0.3 is 11.5 Å². The summed E-state index contributed by atoms with van der Waals surface area (Å²) in [7, 11) is -1.08. The summed E-state index contributed by atoms with van der Waals surface area (Å²) in [6, 6.07) is 2.78. The largest absolute Gasteiger partial charge is 0.333 e. The highest BCUT2D eigenvalue weighted by molar-refractivity contribution is 6.80. The summed E-state index contributed by atoms with van der Waals surface area (Å²) in [5, 5.41) is 0. The van der Waals surface area contributed by atoms with Crippen LogP contribution in [0.1, 0.15) is 19.3 Å². The minimum Gasteiger partial charge on any atom is -0.333 e. The molecular weight excluding hydrogens is 140 g/mol. The van der Waals surface area contributed by atoms with Crippen LogP contribution < -0.4 is 11.5 Å². The Kier molecular flexibility index (Phi) is 2.89. The molecule has 0 aromatic rings. The Labute approximate surface area is 64.0 Å².